The third-order valence-corrected chi connectivity index (χ3v) is 3.29. The van der Waals surface area contributed by atoms with Gasteiger partial charge in [0.15, 0.2) is 5.78 Å². The minimum absolute atomic E-state index is 0.139. The molecule has 0 aromatic heterocycles. The van der Waals surface area contributed by atoms with Gasteiger partial charge in [-0.05, 0) is 49.6 Å². The van der Waals surface area contributed by atoms with E-state index in [2.05, 4.69) is 0 Å². The van der Waals surface area contributed by atoms with Gasteiger partial charge in [0.05, 0.1) is 5.56 Å². The summed E-state index contributed by atoms with van der Waals surface area (Å²) in [5, 5.41) is 0. The molecule has 0 atom stereocenters. The minimum Gasteiger partial charge on any atom is -0.488 e. The van der Waals surface area contributed by atoms with Crippen LogP contribution >= 0.6 is 0 Å². The maximum atomic E-state index is 13.3. The van der Waals surface area contributed by atoms with Crippen molar-refractivity contribution in [2.24, 2.45) is 0 Å². The molecular formula is C17H17FO2. The van der Waals surface area contributed by atoms with Crippen LogP contribution < -0.4 is 4.74 Å². The highest BCUT2D eigenvalue weighted by molar-refractivity contribution is 5.96. The third-order valence-electron chi connectivity index (χ3n) is 3.29. The van der Waals surface area contributed by atoms with Crippen molar-refractivity contribution in [1.29, 1.82) is 0 Å². The fourth-order valence-electron chi connectivity index (χ4n) is 1.96. The zero-order valence-electron chi connectivity index (χ0n) is 11.9. The molecule has 0 aliphatic rings. The molecule has 2 aromatic carbocycles. The quantitative estimate of drug-likeness (QED) is 0.779. The summed E-state index contributed by atoms with van der Waals surface area (Å²) in [5.41, 5.74) is 3.78. The number of aryl methyl sites for hydroxylation is 2. The van der Waals surface area contributed by atoms with Crippen molar-refractivity contribution in [2.75, 3.05) is 0 Å². The number of rotatable bonds is 4. The molecule has 0 saturated heterocycles. The number of Topliss-reactive ketones (excluding diaryl/α,β-unsaturated/α-hetero) is 1. The Kier molecular flexibility index (Phi) is 4.18. The van der Waals surface area contributed by atoms with Crippen molar-refractivity contribution in [3.63, 3.8) is 0 Å². The topological polar surface area (TPSA) is 26.3 Å². The number of benzene rings is 2. The first-order chi connectivity index (χ1) is 9.47. The second-order valence-electron chi connectivity index (χ2n) is 4.90. The zero-order chi connectivity index (χ0) is 14.7. The van der Waals surface area contributed by atoms with Crippen LogP contribution in [0.5, 0.6) is 5.75 Å². The highest BCUT2D eigenvalue weighted by atomic mass is 19.1. The predicted molar refractivity (Wildman–Crippen MR) is 76.7 cm³/mol. The maximum absolute atomic E-state index is 13.3. The molecule has 0 aliphatic heterocycles. The van der Waals surface area contributed by atoms with Gasteiger partial charge < -0.3 is 4.74 Å². The molecule has 0 N–H and O–H groups in total. The SMILES string of the molecule is CC(=O)c1ccc(F)cc1OCc1ccc(C)c(C)c1. The summed E-state index contributed by atoms with van der Waals surface area (Å²) in [6, 6.07) is 9.98. The van der Waals surface area contributed by atoms with E-state index in [1.165, 1.54) is 36.2 Å². The number of halogens is 1. The number of hydrogen-bond acceptors (Lipinski definition) is 2. The number of hydrogen-bond donors (Lipinski definition) is 0. The molecule has 2 nitrogen and oxygen atoms in total. The molecule has 0 aliphatic carbocycles. The molecule has 0 amide bonds. The van der Waals surface area contributed by atoms with E-state index in [1.54, 1.807) is 0 Å². The predicted octanol–water partition coefficient (Wildman–Crippen LogP) is 4.22. The third kappa shape index (κ3) is 3.23. The lowest BCUT2D eigenvalue weighted by Crippen LogP contribution is -2.02. The van der Waals surface area contributed by atoms with Gasteiger partial charge in [-0.2, -0.15) is 0 Å². The molecule has 0 fully saturated rings. The Bertz CT molecular complexity index is 647. The normalized spacial score (nSPS) is 10.4. The van der Waals surface area contributed by atoms with Crippen molar-refractivity contribution < 1.29 is 13.9 Å². The van der Waals surface area contributed by atoms with E-state index in [-0.39, 0.29) is 11.5 Å². The Labute approximate surface area is 118 Å². The first-order valence-electron chi connectivity index (χ1n) is 6.47. The number of ketones is 1. The molecule has 20 heavy (non-hydrogen) atoms. The van der Waals surface area contributed by atoms with Crippen LogP contribution in [0.3, 0.4) is 0 Å². The largest absolute Gasteiger partial charge is 0.488 e. The number of carbonyl (C=O) groups is 1. The summed E-state index contributed by atoms with van der Waals surface area (Å²) >= 11 is 0. The van der Waals surface area contributed by atoms with Gasteiger partial charge in [0, 0.05) is 6.07 Å². The van der Waals surface area contributed by atoms with Crippen molar-refractivity contribution in [3.8, 4) is 5.75 Å². The van der Waals surface area contributed by atoms with Crippen molar-refractivity contribution in [3.05, 3.63) is 64.5 Å². The summed E-state index contributed by atoms with van der Waals surface area (Å²) in [6.07, 6.45) is 0. The molecule has 2 rings (SSSR count). The van der Waals surface area contributed by atoms with Gasteiger partial charge in [-0.25, -0.2) is 4.39 Å². The molecule has 2 aromatic rings. The summed E-state index contributed by atoms with van der Waals surface area (Å²) < 4.78 is 18.9. The monoisotopic (exact) mass is 272 g/mol. The Morgan fingerprint density at radius 2 is 1.85 bits per heavy atom. The fraction of sp³-hybridized carbons (Fsp3) is 0.235. The second-order valence-corrected chi connectivity index (χ2v) is 4.90. The van der Waals surface area contributed by atoms with Crippen LogP contribution in [0.25, 0.3) is 0 Å². The summed E-state index contributed by atoms with van der Waals surface area (Å²) in [6.45, 7) is 5.82. The summed E-state index contributed by atoms with van der Waals surface area (Å²) in [4.78, 5) is 11.5. The van der Waals surface area contributed by atoms with Crippen LogP contribution in [0.1, 0.15) is 34.0 Å². The highest BCUT2D eigenvalue weighted by Gasteiger charge is 2.10. The molecule has 0 bridgehead atoms. The zero-order valence-corrected chi connectivity index (χ0v) is 11.9. The van der Waals surface area contributed by atoms with Crippen molar-refractivity contribution in [1.82, 2.24) is 0 Å². The maximum Gasteiger partial charge on any atom is 0.163 e. The number of ether oxygens (including phenoxy) is 1. The summed E-state index contributed by atoms with van der Waals surface area (Å²) in [7, 11) is 0. The van der Waals surface area contributed by atoms with Gasteiger partial charge in [-0.3, -0.25) is 4.79 Å². The van der Waals surface area contributed by atoms with E-state index >= 15 is 0 Å². The Morgan fingerprint density at radius 1 is 1.10 bits per heavy atom. The first-order valence-corrected chi connectivity index (χ1v) is 6.47. The summed E-state index contributed by atoms with van der Waals surface area (Å²) in [5.74, 6) is -0.263. The minimum atomic E-state index is -0.412. The van der Waals surface area contributed by atoms with Crippen LogP contribution in [-0.2, 0) is 6.61 Å². The molecule has 0 radical (unpaired) electrons. The molecule has 0 spiro atoms. The van der Waals surface area contributed by atoms with Crippen LogP contribution in [0.2, 0.25) is 0 Å². The average Bonchev–Trinajstić information content (AvgIpc) is 2.40. The van der Waals surface area contributed by atoms with Crippen LogP contribution in [0.15, 0.2) is 36.4 Å². The Hall–Kier alpha value is -2.16. The van der Waals surface area contributed by atoms with E-state index in [0.717, 1.165) is 5.56 Å². The van der Waals surface area contributed by atoms with Crippen LogP contribution in [0, 0.1) is 19.7 Å². The fourth-order valence-corrected chi connectivity index (χ4v) is 1.96. The standard InChI is InChI=1S/C17H17FO2/c1-11-4-5-14(8-12(11)2)10-20-17-9-15(18)6-7-16(17)13(3)19/h4-9H,10H2,1-3H3. The van der Waals surface area contributed by atoms with E-state index in [9.17, 15) is 9.18 Å². The van der Waals surface area contributed by atoms with Gasteiger partial charge >= 0.3 is 0 Å². The highest BCUT2D eigenvalue weighted by Crippen LogP contribution is 2.22. The van der Waals surface area contributed by atoms with Crippen molar-refractivity contribution in [2.45, 2.75) is 27.4 Å². The van der Waals surface area contributed by atoms with E-state index in [1.807, 2.05) is 32.0 Å². The molecule has 0 unspecified atom stereocenters. The van der Waals surface area contributed by atoms with Gasteiger partial charge in [0.2, 0.25) is 0 Å². The molecule has 104 valence electrons. The number of carbonyl (C=O) groups excluding carboxylic acids is 1. The molecule has 0 heterocycles. The molecular weight excluding hydrogens is 255 g/mol. The molecule has 0 saturated carbocycles. The van der Waals surface area contributed by atoms with Crippen molar-refractivity contribution >= 4 is 5.78 Å². The first kappa shape index (κ1) is 14.3. The van der Waals surface area contributed by atoms with Gasteiger partial charge in [0.1, 0.15) is 18.2 Å². The van der Waals surface area contributed by atoms with E-state index in [4.69, 9.17) is 4.74 Å². The van der Waals surface area contributed by atoms with Gasteiger partial charge in [-0.1, -0.05) is 18.2 Å². The Morgan fingerprint density at radius 3 is 2.50 bits per heavy atom. The van der Waals surface area contributed by atoms with E-state index < -0.39 is 5.82 Å². The smallest absolute Gasteiger partial charge is 0.163 e. The van der Waals surface area contributed by atoms with Gasteiger partial charge in [-0.15, -0.1) is 0 Å². The Balaban J connectivity index is 2.20. The van der Waals surface area contributed by atoms with Gasteiger partial charge in [0.25, 0.3) is 0 Å². The molecule has 3 heteroatoms. The lowest BCUT2D eigenvalue weighted by atomic mass is 10.1. The van der Waals surface area contributed by atoms with E-state index in [0.29, 0.717) is 12.2 Å². The average molecular weight is 272 g/mol. The lowest BCUT2D eigenvalue weighted by Gasteiger charge is -2.11. The van der Waals surface area contributed by atoms with Crippen LogP contribution in [-0.4, -0.2) is 5.78 Å². The second kappa shape index (κ2) is 5.87. The van der Waals surface area contributed by atoms with Crippen LogP contribution in [0.4, 0.5) is 4.39 Å². The lowest BCUT2D eigenvalue weighted by molar-refractivity contribution is 0.101.